The number of thiophene rings is 1. The van der Waals surface area contributed by atoms with E-state index in [0.717, 1.165) is 9.18 Å². The molecular weight excluding hydrogens is 356 g/mol. The molecule has 1 aromatic carbocycles. The molecule has 1 heterocycles. The van der Waals surface area contributed by atoms with Crippen LogP contribution in [-0.2, 0) is 21.4 Å². The molecule has 5 nitrogen and oxygen atoms in total. The third-order valence-corrected chi connectivity index (χ3v) is 6.23. The summed E-state index contributed by atoms with van der Waals surface area (Å²) in [7, 11) is -3.72. The van der Waals surface area contributed by atoms with Gasteiger partial charge in [-0.05, 0) is 35.7 Å². The van der Waals surface area contributed by atoms with Gasteiger partial charge in [0.25, 0.3) is 0 Å². The number of likely N-dealkylation sites (N-methyl/N-ethyl adjacent to an activating group) is 1. The maximum atomic E-state index is 12.5. The molecule has 0 bridgehead atoms. The largest absolute Gasteiger partial charge is 0.350 e. The molecule has 1 amide bonds. The van der Waals surface area contributed by atoms with Crippen LogP contribution in [0.2, 0.25) is 5.02 Å². The molecule has 2 aromatic rings. The van der Waals surface area contributed by atoms with Crippen LogP contribution in [0.4, 0.5) is 0 Å². The SMILES string of the molecule is CCN(CC(=O)NCc1cccs1)S(=O)(=O)c1ccc(Cl)cc1. The van der Waals surface area contributed by atoms with Crippen molar-refractivity contribution in [2.75, 3.05) is 13.1 Å². The molecule has 8 heteroatoms. The molecule has 1 N–H and O–H groups in total. The van der Waals surface area contributed by atoms with Gasteiger partial charge >= 0.3 is 0 Å². The van der Waals surface area contributed by atoms with Gasteiger partial charge in [0.2, 0.25) is 15.9 Å². The lowest BCUT2D eigenvalue weighted by atomic mass is 10.4. The first-order valence-electron chi connectivity index (χ1n) is 6.98. The molecule has 2 rings (SSSR count). The van der Waals surface area contributed by atoms with Crippen molar-refractivity contribution in [3.63, 3.8) is 0 Å². The summed E-state index contributed by atoms with van der Waals surface area (Å²) in [6.07, 6.45) is 0. The van der Waals surface area contributed by atoms with Crippen LogP contribution in [0.5, 0.6) is 0 Å². The van der Waals surface area contributed by atoms with Gasteiger partial charge in [0.1, 0.15) is 0 Å². The molecule has 0 fully saturated rings. The number of hydrogen-bond acceptors (Lipinski definition) is 4. The summed E-state index contributed by atoms with van der Waals surface area (Å²) in [6, 6.07) is 9.70. The van der Waals surface area contributed by atoms with Crippen molar-refractivity contribution in [2.24, 2.45) is 0 Å². The summed E-state index contributed by atoms with van der Waals surface area (Å²) in [6.45, 7) is 2.08. The molecule has 1 aromatic heterocycles. The first-order valence-corrected chi connectivity index (χ1v) is 9.68. The Labute approximate surface area is 144 Å². The third kappa shape index (κ3) is 4.78. The minimum atomic E-state index is -3.72. The number of carbonyl (C=O) groups excluding carboxylic acids is 1. The van der Waals surface area contributed by atoms with Gasteiger partial charge in [-0.3, -0.25) is 4.79 Å². The zero-order valence-electron chi connectivity index (χ0n) is 12.5. The average Bonchev–Trinajstić information content (AvgIpc) is 3.04. The molecule has 0 aliphatic carbocycles. The van der Waals surface area contributed by atoms with Crippen molar-refractivity contribution in [2.45, 2.75) is 18.4 Å². The Morgan fingerprint density at radius 3 is 2.52 bits per heavy atom. The van der Waals surface area contributed by atoms with E-state index >= 15 is 0 Å². The Balaban J connectivity index is 2.03. The lowest BCUT2D eigenvalue weighted by molar-refractivity contribution is -0.121. The molecule has 0 unspecified atom stereocenters. The van der Waals surface area contributed by atoms with Gasteiger partial charge in [0, 0.05) is 16.4 Å². The van der Waals surface area contributed by atoms with Crippen LogP contribution in [0.25, 0.3) is 0 Å². The van der Waals surface area contributed by atoms with Crippen LogP contribution < -0.4 is 5.32 Å². The number of nitrogens with one attached hydrogen (secondary N) is 1. The standard InChI is InChI=1S/C15H17ClN2O3S2/c1-2-18(11-15(19)17-10-13-4-3-9-22-13)23(20,21)14-7-5-12(16)6-8-14/h3-9H,2,10-11H2,1H3,(H,17,19). The van der Waals surface area contributed by atoms with Crippen molar-refractivity contribution in [1.82, 2.24) is 9.62 Å². The van der Waals surface area contributed by atoms with Crippen LogP contribution in [0.15, 0.2) is 46.7 Å². The first-order chi connectivity index (χ1) is 10.9. The summed E-state index contributed by atoms with van der Waals surface area (Å²) in [4.78, 5) is 13.1. The van der Waals surface area contributed by atoms with E-state index in [2.05, 4.69) is 5.32 Å². The zero-order valence-corrected chi connectivity index (χ0v) is 14.9. The molecule has 0 aliphatic rings. The van der Waals surface area contributed by atoms with E-state index in [9.17, 15) is 13.2 Å². The normalized spacial score (nSPS) is 11.6. The lowest BCUT2D eigenvalue weighted by Crippen LogP contribution is -2.40. The highest BCUT2D eigenvalue weighted by Crippen LogP contribution is 2.18. The van der Waals surface area contributed by atoms with Gasteiger partial charge in [-0.2, -0.15) is 4.31 Å². The Morgan fingerprint density at radius 2 is 1.96 bits per heavy atom. The van der Waals surface area contributed by atoms with E-state index < -0.39 is 10.0 Å². The number of amides is 1. The molecule has 0 saturated heterocycles. The fourth-order valence-electron chi connectivity index (χ4n) is 1.94. The predicted molar refractivity (Wildman–Crippen MR) is 92.1 cm³/mol. The van der Waals surface area contributed by atoms with E-state index in [4.69, 9.17) is 11.6 Å². The molecule has 0 spiro atoms. The van der Waals surface area contributed by atoms with E-state index in [0.29, 0.717) is 11.6 Å². The summed E-state index contributed by atoms with van der Waals surface area (Å²) >= 11 is 7.31. The second-order valence-electron chi connectivity index (χ2n) is 4.74. The Bertz CT molecular complexity index is 744. The average molecular weight is 373 g/mol. The van der Waals surface area contributed by atoms with Crippen LogP contribution in [0.1, 0.15) is 11.8 Å². The van der Waals surface area contributed by atoms with E-state index in [1.165, 1.54) is 35.6 Å². The molecular formula is C15H17ClN2O3S2. The van der Waals surface area contributed by atoms with Crippen LogP contribution >= 0.6 is 22.9 Å². The second-order valence-corrected chi connectivity index (χ2v) is 8.15. The maximum Gasteiger partial charge on any atom is 0.243 e. The van der Waals surface area contributed by atoms with Gasteiger partial charge in [-0.1, -0.05) is 24.6 Å². The Morgan fingerprint density at radius 1 is 1.26 bits per heavy atom. The number of rotatable bonds is 7. The first kappa shape index (κ1) is 17.9. The summed E-state index contributed by atoms with van der Waals surface area (Å²) in [5.41, 5.74) is 0. The number of hydrogen-bond donors (Lipinski definition) is 1. The monoisotopic (exact) mass is 372 g/mol. The molecule has 0 radical (unpaired) electrons. The molecule has 0 saturated carbocycles. The minimum absolute atomic E-state index is 0.120. The highest BCUT2D eigenvalue weighted by atomic mass is 35.5. The highest BCUT2D eigenvalue weighted by molar-refractivity contribution is 7.89. The second kappa shape index (κ2) is 7.92. The summed E-state index contributed by atoms with van der Waals surface area (Å²) < 4.78 is 26.2. The molecule has 0 atom stereocenters. The van der Waals surface area contributed by atoms with Gasteiger partial charge in [-0.25, -0.2) is 8.42 Å². The molecule has 0 aliphatic heterocycles. The molecule has 124 valence electrons. The van der Waals surface area contributed by atoms with E-state index in [1.54, 1.807) is 6.92 Å². The van der Waals surface area contributed by atoms with Crippen molar-refractivity contribution in [3.8, 4) is 0 Å². The zero-order chi connectivity index (χ0) is 16.9. The van der Waals surface area contributed by atoms with E-state index in [-0.39, 0.29) is 23.9 Å². The fraction of sp³-hybridized carbons (Fsp3) is 0.267. The quantitative estimate of drug-likeness (QED) is 0.812. The molecule has 23 heavy (non-hydrogen) atoms. The van der Waals surface area contributed by atoms with Gasteiger partial charge in [0.15, 0.2) is 0 Å². The minimum Gasteiger partial charge on any atom is -0.350 e. The van der Waals surface area contributed by atoms with Gasteiger partial charge < -0.3 is 5.32 Å². The number of sulfonamides is 1. The summed E-state index contributed by atoms with van der Waals surface area (Å²) in [5.74, 6) is -0.335. The maximum absolute atomic E-state index is 12.5. The number of halogens is 1. The van der Waals surface area contributed by atoms with Gasteiger partial charge in [-0.15, -0.1) is 11.3 Å². The van der Waals surface area contributed by atoms with Crippen molar-refractivity contribution >= 4 is 38.9 Å². The van der Waals surface area contributed by atoms with E-state index in [1.807, 2.05) is 17.5 Å². The Hall–Kier alpha value is -1.41. The van der Waals surface area contributed by atoms with Crippen molar-refractivity contribution < 1.29 is 13.2 Å². The number of nitrogens with zero attached hydrogens (tertiary/aromatic N) is 1. The third-order valence-electron chi connectivity index (χ3n) is 3.16. The van der Waals surface area contributed by atoms with Crippen LogP contribution in [-0.4, -0.2) is 31.7 Å². The highest BCUT2D eigenvalue weighted by Gasteiger charge is 2.25. The number of benzene rings is 1. The smallest absolute Gasteiger partial charge is 0.243 e. The lowest BCUT2D eigenvalue weighted by Gasteiger charge is -2.20. The predicted octanol–water partition coefficient (Wildman–Crippen LogP) is 2.73. The van der Waals surface area contributed by atoms with Crippen LogP contribution in [0, 0.1) is 0 Å². The topological polar surface area (TPSA) is 66.5 Å². The van der Waals surface area contributed by atoms with Crippen molar-refractivity contribution in [1.29, 1.82) is 0 Å². The van der Waals surface area contributed by atoms with Crippen molar-refractivity contribution in [3.05, 3.63) is 51.7 Å². The summed E-state index contributed by atoms with van der Waals surface area (Å²) in [5, 5.41) is 5.11. The fourth-order valence-corrected chi connectivity index (χ4v) is 4.11. The van der Waals surface area contributed by atoms with Crippen LogP contribution in [0.3, 0.4) is 0 Å². The Kier molecular flexibility index (Phi) is 6.17. The number of carbonyl (C=O) groups is 1. The van der Waals surface area contributed by atoms with Gasteiger partial charge in [0.05, 0.1) is 18.0 Å².